The summed E-state index contributed by atoms with van der Waals surface area (Å²) in [6.45, 7) is 0.743. The summed E-state index contributed by atoms with van der Waals surface area (Å²) in [6.07, 6.45) is 5.38. The molecule has 27 heavy (non-hydrogen) atoms. The van der Waals surface area contributed by atoms with Gasteiger partial charge >= 0.3 is 6.61 Å². The third-order valence-electron chi connectivity index (χ3n) is 4.55. The van der Waals surface area contributed by atoms with Gasteiger partial charge in [0.1, 0.15) is 0 Å². The van der Waals surface area contributed by atoms with Crippen LogP contribution in [0.1, 0.15) is 24.1 Å². The molecule has 0 bridgehead atoms. The molecule has 1 aliphatic carbocycles. The van der Waals surface area contributed by atoms with E-state index >= 15 is 0 Å². The minimum atomic E-state index is -2.95. The first kappa shape index (κ1) is 19.2. The van der Waals surface area contributed by atoms with Crippen molar-refractivity contribution in [1.29, 1.82) is 0 Å². The highest BCUT2D eigenvalue weighted by molar-refractivity contribution is 5.60. The van der Waals surface area contributed by atoms with Crippen LogP contribution in [0.4, 0.5) is 20.3 Å². The largest absolute Gasteiger partial charge is 0.417 e. The van der Waals surface area contributed by atoms with E-state index in [2.05, 4.69) is 20.0 Å². The van der Waals surface area contributed by atoms with Gasteiger partial charge in [0.15, 0.2) is 5.82 Å². The van der Waals surface area contributed by atoms with E-state index in [1.807, 2.05) is 0 Å². The van der Waals surface area contributed by atoms with Gasteiger partial charge in [-0.1, -0.05) is 0 Å². The second-order valence-electron chi connectivity index (χ2n) is 6.59. The number of pyridine rings is 1. The minimum Gasteiger partial charge on any atom is -0.417 e. The van der Waals surface area contributed by atoms with Crippen molar-refractivity contribution in [3.8, 4) is 5.88 Å². The zero-order valence-electron chi connectivity index (χ0n) is 15.4. The first-order chi connectivity index (χ1) is 12.9. The number of halogens is 2. The van der Waals surface area contributed by atoms with Crippen LogP contribution >= 0.6 is 0 Å². The van der Waals surface area contributed by atoms with Crippen molar-refractivity contribution in [3.05, 3.63) is 40.1 Å². The van der Waals surface area contributed by atoms with Gasteiger partial charge in [0, 0.05) is 25.1 Å². The van der Waals surface area contributed by atoms with Gasteiger partial charge < -0.3 is 19.4 Å². The van der Waals surface area contributed by atoms with Gasteiger partial charge in [0.25, 0.3) is 5.56 Å². The quantitative estimate of drug-likeness (QED) is 0.759. The Hall–Kier alpha value is -2.55. The van der Waals surface area contributed by atoms with E-state index in [9.17, 15) is 13.6 Å². The summed E-state index contributed by atoms with van der Waals surface area (Å²) in [7, 11) is 1.65. The number of ether oxygens (including phenoxy) is 2. The maximum absolute atomic E-state index is 12.7. The monoisotopic (exact) mass is 380 g/mol. The molecule has 3 rings (SSSR count). The Bertz CT molecular complexity index is 868. The molecule has 0 aromatic carbocycles. The molecule has 7 nitrogen and oxygen atoms in total. The molecule has 2 heterocycles. The zero-order valence-corrected chi connectivity index (χ0v) is 15.4. The highest BCUT2D eigenvalue weighted by Gasteiger charge is 2.31. The Labute approximate surface area is 155 Å². The molecule has 2 aromatic rings. The summed E-state index contributed by atoms with van der Waals surface area (Å²) in [5.74, 6) is 0.483. The summed E-state index contributed by atoms with van der Waals surface area (Å²) >= 11 is 0. The van der Waals surface area contributed by atoms with Crippen LogP contribution in [0.5, 0.6) is 5.88 Å². The molecular formula is C18H22F2N4O3. The van der Waals surface area contributed by atoms with Gasteiger partial charge in [-0.3, -0.25) is 4.79 Å². The van der Waals surface area contributed by atoms with Crippen molar-refractivity contribution >= 4 is 11.5 Å². The highest BCUT2D eigenvalue weighted by atomic mass is 19.3. The Morgan fingerprint density at radius 1 is 1.37 bits per heavy atom. The fraction of sp³-hybridized carbons (Fsp3) is 0.500. The predicted molar refractivity (Wildman–Crippen MR) is 95.6 cm³/mol. The van der Waals surface area contributed by atoms with Gasteiger partial charge in [-0.05, 0) is 38.7 Å². The number of methoxy groups -OCH3 is 1. The standard InChI is InChI=1S/C18H22F2N4O3/c1-10-8-13(11(2)22-16(10)27-18(19)20)23-15-17(25)24(7-6-21-15)9-14(26-3)12-4-5-12/h6-8,12,14,18H,4-5,9H2,1-3H3,(H,21,23). The van der Waals surface area contributed by atoms with Crippen molar-refractivity contribution in [2.75, 3.05) is 12.4 Å². The molecule has 146 valence electrons. The van der Waals surface area contributed by atoms with Crippen molar-refractivity contribution in [2.24, 2.45) is 5.92 Å². The molecule has 0 amide bonds. The number of anilines is 2. The molecule has 1 N–H and O–H groups in total. The fourth-order valence-electron chi connectivity index (χ4n) is 2.90. The van der Waals surface area contributed by atoms with Crippen LogP contribution in [0.25, 0.3) is 0 Å². The van der Waals surface area contributed by atoms with Gasteiger partial charge in [-0.2, -0.15) is 8.78 Å². The minimum absolute atomic E-state index is 0.00521. The number of nitrogens with one attached hydrogen (secondary N) is 1. The normalized spacial score (nSPS) is 15.0. The van der Waals surface area contributed by atoms with Crippen molar-refractivity contribution in [1.82, 2.24) is 14.5 Å². The van der Waals surface area contributed by atoms with Crippen molar-refractivity contribution in [2.45, 2.75) is 45.9 Å². The highest BCUT2D eigenvalue weighted by Crippen LogP contribution is 2.34. The molecule has 1 atom stereocenters. The van der Waals surface area contributed by atoms with Gasteiger partial charge in [-0.15, -0.1) is 0 Å². The van der Waals surface area contributed by atoms with E-state index in [0.717, 1.165) is 12.8 Å². The molecule has 0 aliphatic heterocycles. The van der Waals surface area contributed by atoms with E-state index in [1.165, 1.54) is 6.20 Å². The molecular weight excluding hydrogens is 358 g/mol. The van der Waals surface area contributed by atoms with E-state index < -0.39 is 6.61 Å². The Morgan fingerprint density at radius 3 is 2.74 bits per heavy atom. The molecule has 1 fully saturated rings. The van der Waals surface area contributed by atoms with E-state index in [1.54, 1.807) is 37.8 Å². The summed E-state index contributed by atoms with van der Waals surface area (Å²) in [6, 6.07) is 1.60. The smallest absolute Gasteiger partial charge is 0.388 e. The third kappa shape index (κ3) is 4.60. The topological polar surface area (TPSA) is 78.3 Å². The molecule has 2 aromatic heterocycles. The van der Waals surface area contributed by atoms with Crippen molar-refractivity contribution in [3.63, 3.8) is 0 Å². The lowest BCUT2D eigenvalue weighted by molar-refractivity contribution is -0.0533. The van der Waals surface area contributed by atoms with Crippen LogP contribution in [0.15, 0.2) is 23.3 Å². The number of hydrogen-bond donors (Lipinski definition) is 1. The summed E-state index contributed by atoms with van der Waals surface area (Å²) in [5.41, 5.74) is 1.06. The van der Waals surface area contributed by atoms with Crippen LogP contribution in [0.2, 0.25) is 0 Å². The molecule has 1 saturated carbocycles. The van der Waals surface area contributed by atoms with E-state index in [4.69, 9.17) is 4.74 Å². The number of hydrogen-bond acceptors (Lipinski definition) is 6. The summed E-state index contributed by atoms with van der Waals surface area (Å²) in [4.78, 5) is 20.9. The number of nitrogens with zero attached hydrogens (tertiary/aromatic N) is 3. The molecule has 1 aliphatic rings. The molecule has 0 saturated heterocycles. The molecule has 1 unspecified atom stereocenters. The Balaban J connectivity index is 1.82. The van der Waals surface area contributed by atoms with Gasteiger partial charge in [0.2, 0.25) is 5.88 Å². The van der Waals surface area contributed by atoms with Crippen LogP contribution in [0.3, 0.4) is 0 Å². The maximum atomic E-state index is 12.7. The molecule has 9 heteroatoms. The van der Waals surface area contributed by atoms with Crippen LogP contribution in [-0.2, 0) is 11.3 Å². The van der Waals surface area contributed by atoms with Crippen molar-refractivity contribution < 1.29 is 18.3 Å². The lowest BCUT2D eigenvalue weighted by Gasteiger charge is -2.17. The lowest BCUT2D eigenvalue weighted by Crippen LogP contribution is -2.30. The number of aromatic nitrogens is 3. The van der Waals surface area contributed by atoms with E-state index in [0.29, 0.717) is 29.4 Å². The van der Waals surface area contributed by atoms with Crippen LogP contribution in [-0.4, -0.2) is 34.4 Å². The van der Waals surface area contributed by atoms with Gasteiger partial charge in [0.05, 0.1) is 24.0 Å². The summed E-state index contributed by atoms with van der Waals surface area (Å²) in [5, 5.41) is 2.95. The molecule has 0 radical (unpaired) electrons. The zero-order chi connectivity index (χ0) is 19.6. The van der Waals surface area contributed by atoms with Gasteiger partial charge in [-0.25, -0.2) is 9.97 Å². The maximum Gasteiger partial charge on any atom is 0.388 e. The van der Waals surface area contributed by atoms with Crippen LogP contribution < -0.4 is 15.6 Å². The second-order valence-corrected chi connectivity index (χ2v) is 6.59. The number of aryl methyl sites for hydroxylation is 2. The second kappa shape index (κ2) is 7.99. The predicted octanol–water partition coefficient (Wildman–Crippen LogP) is 3.03. The lowest BCUT2D eigenvalue weighted by atomic mass is 10.2. The van der Waals surface area contributed by atoms with E-state index in [-0.39, 0.29) is 23.4 Å². The fourth-order valence-corrected chi connectivity index (χ4v) is 2.90. The average molecular weight is 380 g/mol. The third-order valence-corrected chi connectivity index (χ3v) is 4.55. The average Bonchev–Trinajstić information content (AvgIpc) is 3.44. The Kier molecular flexibility index (Phi) is 5.69. The Morgan fingerprint density at radius 2 is 2.11 bits per heavy atom. The van der Waals surface area contributed by atoms with Crippen LogP contribution in [0, 0.1) is 19.8 Å². The SMILES string of the molecule is COC(Cn1ccnc(Nc2cc(C)c(OC(F)F)nc2C)c1=O)C1CC1. The first-order valence-corrected chi connectivity index (χ1v) is 8.67. The summed E-state index contributed by atoms with van der Waals surface area (Å²) < 4.78 is 36.3. The number of rotatable bonds is 8. The first-order valence-electron chi connectivity index (χ1n) is 8.67. The number of alkyl halides is 2. The molecule has 0 spiro atoms.